The maximum atomic E-state index is 11.7. The minimum Gasteiger partial charge on any atom is -0.515 e. The molecule has 1 aromatic carbocycles. The van der Waals surface area contributed by atoms with Crippen LogP contribution in [0.5, 0.6) is 11.5 Å². The van der Waals surface area contributed by atoms with Crippen molar-refractivity contribution >= 4 is 11.5 Å². The van der Waals surface area contributed by atoms with Crippen LogP contribution in [0.1, 0.15) is 12.5 Å². The molecule has 0 bridgehead atoms. The van der Waals surface area contributed by atoms with Crippen molar-refractivity contribution in [3.8, 4) is 11.5 Å². The van der Waals surface area contributed by atoms with Crippen molar-refractivity contribution in [2.45, 2.75) is 6.92 Å². The van der Waals surface area contributed by atoms with E-state index < -0.39 is 5.97 Å². The Morgan fingerprint density at radius 2 is 2.06 bits per heavy atom. The highest BCUT2D eigenvalue weighted by Gasteiger charge is 2.18. The number of methoxy groups -OCH3 is 2. The van der Waals surface area contributed by atoms with Gasteiger partial charge in [0.2, 0.25) is 0 Å². The van der Waals surface area contributed by atoms with Gasteiger partial charge in [0.05, 0.1) is 27.1 Å². The molecule has 0 aliphatic heterocycles. The monoisotopic (exact) mass is 252 g/mol. The Kier molecular flexibility index (Phi) is 5.05. The fraction of sp³-hybridized carbons (Fsp3) is 0.308. The first-order chi connectivity index (χ1) is 8.67. The summed E-state index contributed by atoms with van der Waals surface area (Å²) in [5.41, 5.74) is 0.482. The fourth-order valence-electron chi connectivity index (χ4n) is 1.46. The second-order valence-corrected chi connectivity index (χ2v) is 3.33. The molecule has 0 saturated carbocycles. The number of rotatable bonds is 5. The third kappa shape index (κ3) is 2.94. The lowest BCUT2D eigenvalue weighted by Crippen LogP contribution is -2.08. The Balaban J connectivity index is 3.18. The summed E-state index contributed by atoms with van der Waals surface area (Å²) >= 11 is 0. The molecule has 0 saturated heterocycles. The smallest absolute Gasteiger partial charge is 0.342 e. The van der Waals surface area contributed by atoms with Crippen LogP contribution in [0.4, 0.5) is 0 Å². The van der Waals surface area contributed by atoms with E-state index in [0.29, 0.717) is 23.3 Å². The van der Waals surface area contributed by atoms with E-state index in [0.717, 1.165) is 0 Å². The quantitative estimate of drug-likeness (QED) is 0.494. The zero-order chi connectivity index (χ0) is 13.5. The first-order valence-electron chi connectivity index (χ1n) is 5.41. The number of aliphatic hydroxyl groups excluding tert-OH is 1. The van der Waals surface area contributed by atoms with Gasteiger partial charge in [0, 0.05) is 11.6 Å². The molecule has 0 amide bonds. The van der Waals surface area contributed by atoms with E-state index in [-0.39, 0.29) is 12.2 Å². The second kappa shape index (κ2) is 6.54. The van der Waals surface area contributed by atoms with Gasteiger partial charge in [-0.25, -0.2) is 4.79 Å². The van der Waals surface area contributed by atoms with E-state index in [1.54, 1.807) is 25.1 Å². The topological polar surface area (TPSA) is 65.0 Å². The normalized spacial score (nSPS) is 10.9. The molecular weight excluding hydrogens is 236 g/mol. The van der Waals surface area contributed by atoms with Crippen LogP contribution >= 0.6 is 0 Å². The van der Waals surface area contributed by atoms with Crippen molar-refractivity contribution in [2.24, 2.45) is 0 Å². The zero-order valence-electron chi connectivity index (χ0n) is 10.6. The van der Waals surface area contributed by atoms with Crippen LogP contribution in [-0.2, 0) is 9.53 Å². The van der Waals surface area contributed by atoms with E-state index in [2.05, 4.69) is 0 Å². The second-order valence-electron chi connectivity index (χ2n) is 3.33. The Hall–Kier alpha value is -2.17. The number of hydrogen-bond donors (Lipinski definition) is 1. The Morgan fingerprint density at radius 1 is 1.33 bits per heavy atom. The summed E-state index contributed by atoms with van der Waals surface area (Å²) in [5, 5.41) is 9.17. The number of ether oxygens (including phenoxy) is 3. The Morgan fingerprint density at radius 3 is 2.56 bits per heavy atom. The molecule has 0 aliphatic carbocycles. The van der Waals surface area contributed by atoms with Crippen LogP contribution < -0.4 is 9.47 Å². The first-order valence-corrected chi connectivity index (χ1v) is 5.41. The average molecular weight is 252 g/mol. The summed E-state index contributed by atoms with van der Waals surface area (Å²) in [4.78, 5) is 11.7. The molecule has 0 atom stereocenters. The van der Waals surface area contributed by atoms with E-state index in [9.17, 15) is 9.90 Å². The van der Waals surface area contributed by atoms with Gasteiger partial charge in [-0.3, -0.25) is 0 Å². The third-order valence-corrected chi connectivity index (χ3v) is 2.32. The number of benzene rings is 1. The number of carbonyl (C=O) groups excluding carboxylic acids is 1. The maximum absolute atomic E-state index is 11.7. The highest BCUT2D eigenvalue weighted by molar-refractivity contribution is 6.17. The predicted octanol–water partition coefficient (Wildman–Crippen LogP) is 2.17. The van der Waals surface area contributed by atoms with Gasteiger partial charge in [-0.2, -0.15) is 0 Å². The summed E-state index contributed by atoms with van der Waals surface area (Å²) in [7, 11) is 3.00. The van der Waals surface area contributed by atoms with Crippen molar-refractivity contribution in [3.05, 3.63) is 30.0 Å². The fourth-order valence-corrected chi connectivity index (χ4v) is 1.46. The molecular formula is C13H16O5. The Labute approximate surface area is 106 Å². The summed E-state index contributed by atoms with van der Waals surface area (Å²) in [6.45, 7) is 1.92. The van der Waals surface area contributed by atoms with Gasteiger partial charge in [-0.05, 0) is 19.1 Å². The lowest BCUT2D eigenvalue weighted by Gasteiger charge is -2.11. The first kappa shape index (κ1) is 13.9. The van der Waals surface area contributed by atoms with E-state index in [1.165, 1.54) is 14.2 Å². The third-order valence-electron chi connectivity index (χ3n) is 2.32. The molecule has 1 aromatic rings. The number of carbonyl (C=O) groups is 1. The van der Waals surface area contributed by atoms with Crippen molar-refractivity contribution in [1.82, 2.24) is 0 Å². The molecule has 0 unspecified atom stereocenters. The molecule has 98 valence electrons. The molecule has 0 fully saturated rings. The number of hydrogen-bond acceptors (Lipinski definition) is 5. The average Bonchev–Trinajstić information content (AvgIpc) is 2.40. The van der Waals surface area contributed by atoms with E-state index >= 15 is 0 Å². The van der Waals surface area contributed by atoms with Gasteiger partial charge in [0.15, 0.2) is 0 Å². The SMILES string of the molecule is CCOC(=O)/C(=C\O)c1ccc(OC)cc1OC. The van der Waals surface area contributed by atoms with Crippen LogP contribution in [0, 0.1) is 0 Å². The summed E-state index contributed by atoms with van der Waals surface area (Å²) < 4.78 is 15.1. The molecule has 0 spiro atoms. The van der Waals surface area contributed by atoms with Gasteiger partial charge in [-0.15, -0.1) is 0 Å². The summed E-state index contributed by atoms with van der Waals surface area (Å²) in [6, 6.07) is 4.91. The molecule has 5 nitrogen and oxygen atoms in total. The van der Waals surface area contributed by atoms with Crippen LogP contribution in [0.3, 0.4) is 0 Å². The number of esters is 1. The van der Waals surface area contributed by atoms with Gasteiger partial charge in [0.25, 0.3) is 0 Å². The molecule has 5 heteroatoms. The lowest BCUT2D eigenvalue weighted by atomic mass is 10.1. The Bertz CT molecular complexity index is 451. The predicted molar refractivity (Wildman–Crippen MR) is 66.8 cm³/mol. The summed E-state index contributed by atoms with van der Waals surface area (Å²) in [6.07, 6.45) is 0.711. The van der Waals surface area contributed by atoms with Gasteiger partial charge in [-0.1, -0.05) is 0 Å². The van der Waals surface area contributed by atoms with Crippen molar-refractivity contribution < 1.29 is 24.1 Å². The minimum absolute atomic E-state index is 0.0383. The molecule has 0 aromatic heterocycles. The van der Waals surface area contributed by atoms with Crippen LogP contribution in [-0.4, -0.2) is 31.9 Å². The van der Waals surface area contributed by atoms with Crippen LogP contribution in [0.2, 0.25) is 0 Å². The van der Waals surface area contributed by atoms with E-state index in [4.69, 9.17) is 14.2 Å². The highest BCUT2D eigenvalue weighted by atomic mass is 16.5. The zero-order valence-corrected chi connectivity index (χ0v) is 10.6. The standard InChI is InChI=1S/C13H16O5/c1-4-18-13(15)11(8-14)10-6-5-9(16-2)7-12(10)17-3/h5-8,14H,4H2,1-3H3/b11-8-. The molecule has 1 N–H and O–H groups in total. The summed E-state index contributed by atoms with van der Waals surface area (Å²) in [5.74, 6) is 0.405. The molecule has 18 heavy (non-hydrogen) atoms. The van der Waals surface area contributed by atoms with Crippen molar-refractivity contribution in [1.29, 1.82) is 0 Å². The van der Waals surface area contributed by atoms with Crippen LogP contribution in [0.25, 0.3) is 5.57 Å². The van der Waals surface area contributed by atoms with Crippen LogP contribution in [0.15, 0.2) is 24.5 Å². The molecule has 0 heterocycles. The lowest BCUT2D eigenvalue weighted by molar-refractivity contribution is -0.136. The molecule has 0 aliphatic rings. The highest BCUT2D eigenvalue weighted by Crippen LogP contribution is 2.30. The molecule has 1 rings (SSSR count). The van der Waals surface area contributed by atoms with Crippen molar-refractivity contribution in [3.63, 3.8) is 0 Å². The largest absolute Gasteiger partial charge is 0.515 e. The van der Waals surface area contributed by atoms with E-state index in [1.807, 2.05) is 0 Å². The molecule has 0 radical (unpaired) electrons. The minimum atomic E-state index is -0.608. The number of aliphatic hydroxyl groups is 1. The van der Waals surface area contributed by atoms with Gasteiger partial charge in [0.1, 0.15) is 17.1 Å². The van der Waals surface area contributed by atoms with Gasteiger partial charge >= 0.3 is 5.97 Å². The maximum Gasteiger partial charge on any atom is 0.342 e. The van der Waals surface area contributed by atoms with Crippen molar-refractivity contribution in [2.75, 3.05) is 20.8 Å². The van der Waals surface area contributed by atoms with Gasteiger partial charge < -0.3 is 19.3 Å².